The van der Waals surface area contributed by atoms with Crippen molar-refractivity contribution in [1.29, 1.82) is 0 Å². The second kappa shape index (κ2) is 387. The van der Waals surface area contributed by atoms with Crippen LogP contribution in [-0.2, 0) is 16.8 Å². The van der Waals surface area contributed by atoms with Crippen LogP contribution in [-0.4, -0.2) is 0 Å². The molecule has 0 saturated heterocycles. The molecule has 0 bridgehead atoms. The Morgan fingerprint density at radius 1 is 0.615 bits per heavy atom. The fraction of sp³-hybridized carbons (Fsp3) is 0. The van der Waals surface area contributed by atoms with Crippen molar-refractivity contribution in [3.05, 3.63) is 30.3 Å². The molecule has 9 N–H and O–H groups in total. The van der Waals surface area contributed by atoms with Gasteiger partial charge in [0.05, 0.1) is 0 Å². The minimum atomic E-state index is 0. The van der Waals surface area contributed by atoms with Crippen molar-refractivity contribution in [3.8, 4) is 0 Å². The summed E-state index contributed by atoms with van der Waals surface area (Å²) >= 11 is 0. The van der Waals surface area contributed by atoms with Crippen LogP contribution >= 0.6 is 0 Å². The molecule has 0 aromatic carbocycles. The van der Waals surface area contributed by atoms with E-state index >= 15 is 0 Å². The Hall–Kier alpha value is -1.41. The maximum atomic E-state index is 8.00. The van der Waals surface area contributed by atoms with Gasteiger partial charge in [0.1, 0.15) is 0 Å². The van der Waals surface area contributed by atoms with Gasteiger partial charge in [-0.3, -0.25) is 0 Å². The summed E-state index contributed by atoms with van der Waals surface area (Å²) < 4.78 is 0. The molecular formula is H9CoN6O6-3. The first-order valence-corrected chi connectivity index (χ1v) is 1.10. The maximum Gasteiger partial charge on any atom is 0 e. The Balaban J connectivity index is -0.00000000720. The fourth-order valence-corrected chi connectivity index (χ4v) is 0. The molecule has 0 saturated carbocycles. The van der Waals surface area contributed by atoms with Gasteiger partial charge < -0.3 is 48.8 Å². The van der Waals surface area contributed by atoms with Crippen LogP contribution in [0.2, 0.25) is 0 Å². The molecule has 13 heavy (non-hydrogen) atoms. The van der Waals surface area contributed by atoms with Crippen molar-refractivity contribution in [2.75, 3.05) is 0 Å². The molecule has 0 aromatic heterocycles. The van der Waals surface area contributed by atoms with Crippen molar-refractivity contribution >= 4 is 0 Å². The third-order valence-corrected chi connectivity index (χ3v) is 0. The minimum Gasteiger partial charge on any atom is -0.444 e. The van der Waals surface area contributed by atoms with E-state index in [2.05, 4.69) is 0 Å². The maximum absolute atomic E-state index is 8.00. The number of nitrogens with zero attached hydrogens (tertiary/aromatic N) is 3. The zero-order valence-corrected chi connectivity index (χ0v) is 7.29. The Labute approximate surface area is 82.4 Å². The summed E-state index contributed by atoms with van der Waals surface area (Å²) in [6.45, 7) is 0. The monoisotopic (exact) mass is 248 g/mol. The van der Waals surface area contributed by atoms with E-state index in [-0.39, 0.29) is 35.2 Å². The summed E-state index contributed by atoms with van der Waals surface area (Å²) in [7, 11) is 0. The van der Waals surface area contributed by atoms with Crippen LogP contribution in [0.25, 0.3) is 0 Å². The smallest absolute Gasteiger partial charge is 0 e. The Morgan fingerprint density at radius 2 is 0.615 bits per heavy atom. The summed E-state index contributed by atoms with van der Waals surface area (Å²) in [5, 5.41) is 27.0. The van der Waals surface area contributed by atoms with E-state index in [9.17, 15) is 0 Å². The van der Waals surface area contributed by atoms with Gasteiger partial charge in [-0.25, -0.2) is 0 Å². The van der Waals surface area contributed by atoms with E-state index in [1.54, 1.807) is 0 Å². The summed E-state index contributed by atoms with van der Waals surface area (Å²) in [5.74, 6) is 0. The molecule has 13 heteroatoms. The molecule has 0 aromatic rings. The molecule has 0 aliphatic carbocycles. The van der Waals surface area contributed by atoms with E-state index in [1.807, 2.05) is 0 Å². The van der Waals surface area contributed by atoms with Crippen LogP contribution in [0.4, 0.5) is 0 Å². The molecule has 0 atom stereocenters. The van der Waals surface area contributed by atoms with E-state index in [4.69, 9.17) is 30.3 Å². The third-order valence-electron chi connectivity index (χ3n) is 0. The molecule has 0 fully saturated rings. The van der Waals surface area contributed by atoms with Crippen molar-refractivity contribution in [2.24, 2.45) is 16.0 Å². The van der Waals surface area contributed by atoms with Gasteiger partial charge in [0, 0.05) is 16.8 Å². The van der Waals surface area contributed by atoms with Gasteiger partial charge >= 0.3 is 0 Å². The third kappa shape index (κ3) is 391. The zero-order valence-electron chi connectivity index (χ0n) is 6.25. The van der Waals surface area contributed by atoms with Gasteiger partial charge in [-0.15, -0.1) is 16.0 Å². The summed E-state index contributed by atoms with van der Waals surface area (Å²) in [5.41, 5.74) is 0. The first-order chi connectivity index (χ1) is 4.24. The first-order valence-electron chi connectivity index (χ1n) is 1.10. The van der Waals surface area contributed by atoms with Gasteiger partial charge in [-0.1, -0.05) is 0 Å². The molecule has 87 valence electrons. The van der Waals surface area contributed by atoms with E-state index in [0.717, 1.165) is 16.0 Å². The van der Waals surface area contributed by atoms with Crippen LogP contribution < -0.4 is 18.5 Å². The van der Waals surface area contributed by atoms with Crippen molar-refractivity contribution in [1.82, 2.24) is 18.5 Å². The minimum absolute atomic E-state index is 0. The molecule has 0 spiro atoms. The predicted molar refractivity (Wildman–Crippen MR) is 42.6 cm³/mol. The summed E-state index contributed by atoms with van der Waals surface area (Å²) in [6.07, 6.45) is 0. The second-order valence-corrected chi connectivity index (χ2v) is 0.224. The number of rotatable bonds is 0. The Kier molecular flexibility index (Phi) is 1840. The average Bonchev–Trinajstić information content (AvgIpc) is 1.70. The standard InChI is InChI=1S/Co.3HNO2.3H3N/c;3*2-1-3;;;/h;3*(H,2,3);3*1H3/p-3. The molecular weight excluding hydrogens is 239 g/mol. The van der Waals surface area contributed by atoms with Crippen LogP contribution in [0.15, 0.2) is 16.0 Å². The topological polar surface area (TPSA) is 262 Å². The molecule has 0 aliphatic rings. The van der Waals surface area contributed by atoms with Crippen molar-refractivity contribution in [3.63, 3.8) is 0 Å². The number of hydrogen-bond acceptors (Lipinski definition) is 12. The molecule has 0 heterocycles. The van der Waals surface area contributed by atoms with Gasteiger partial charge in [-0.05, 0) is 0 Å². The average molecular weight is 248 g/mol. The molecule has 0 rings (SSSR count). The van der Waals surface area contributed by atoms with E-state index in [1.165, 1.54) is 0 Å². The van der Waals surface area contributed by atoms with Crippen molar-refractivity contribution in [2.45, 2.75) is 0 Å². The summed E-state index contributed by atoms with van der Waals surface area (Å²) in [4.78, 5) is 24.0. The first kappa shape index (κ1) is 61.7. The van der Waals surface area contributed by atoms with Crippen LogP contribution in [0.3, 0.4) is 0 Å². The quantitative estimate of drug-likeness (QED) is 0.409. The Morgan fingerprint density at radius 3 is 0.615 bits per heavy atom. The van der Waals surface area contributed by atoms with Crippen LogP contribution in [0.5, 0.6) is 0 Å². The second-order valence-electron chi connectivity index (χ2n) is 0.224. The van der Waals surface area contributed by atoms with Crippen LogP contribution in [0.1, 0.15) is 0 Å². The van der Waals surface area contributed by atoms with Gasteiger partial charge in [-0.2, -0.15) is 0 Å². The van der Waals surface area contributed by atoms with Crippen LogP contribution in [0, 0.1) is 30.3 Å². The fourth-order valence-electron chi connectivity index (χ4n) is 0. The molecule has 0 aliphatic heterocycles. The molecule has 1 radical (unpaired) electrons. The predicted octanol–water partition coefficient (Wildman–Crippen LogP) is 1.24. The number of hydrogen-bond donors (Lipinski definition) is 3. The molecule has 0 unspecified atom stereocenters. The van der Waals surface area contributed by atoms with E-state index in [0.29, 0.717) is 0 Å². The van der Waals surface area contributed by atoms with Gasteiger partial charge in [0.2, 0.25) is 0 Å². The van der Waals surface area contributed by atoms with E-state index < -0.39 is 0 Å². The summed E-state index contributed by atoms with van der Waals surface area (Å²) in [6, 6.07) is 0. The normalized spacial score (nSPS) is 2.77. The van der Waals surface area contributed by atoms with Gasteiger partial charge in [0.15, 0.2) is 0 Å². The van der Waals surface area contributed by atoms with Gasteiger partial charge in [0.25, 0.3) is 0 Å². The Bertz CT molecular complexity index is 53.9. The SMILES string of the molecule is N.N.N.O=N[O-].O=N[O-].O=N[O-].[Co]. The van der Waals surface area contributed by atoms with Crippen molar-refractivity contribution < 1.29 is 16.8 Å². The largest absolute Gasteiger partial charge is 0.444 e. The molecule has 12 nitrogen and oxygen atoms in total. The molecule has 0 amide bonds. The zero-order chi connectivity index (χ0) is 8.12.